The van der Waals surface area contributed by atoms with Gasteiger partial charge in [0.1, 0.15) is 5.52 Å². The fraction of sp³-hybridized carbons (Fsp3) is 0.105. The molecule has 0 saturated carbocycles. The molecule has 5 nitrogen and oxygen atoms in total. The van der Waals surface area contributed by atoms with Gasteiger partial charge in [0.15, 0.2) is 10.7 Å². The van der Waals surface area contributed by atoms with Crippen LogP contribution >= 0.6 is 11.8 Å². The van der Waals surface area contributed by atoms with E-state index in [0.29, 0.717) is 34.2 Å². The molecule has 4 rings (SSSR count). The highest BCUT2D eigenvalue weighted by molar-refractivity contribution is 7.98. The standard InChI is InChI=1S/C19H15N3O2S/c1-2-11-22-18(23)13-7-3-4-8-14(13)21-19(22)25-12-17-20-15-9-5-6-10-16(15)24-17/h2-10H,1,11-12H2. The lowest BCUT2D eigenvalue weighted by Crippen LogP contribution is -2.22. The summed E-state index contributed by atoms with van der Waals surface area (Å²) >= 11 is 1.43. The first kappa shape index (κ1) is 15.7. The smallest absolute Gasteiger partial charge is 0.262 e. The number of oxazole rings is 1. The minimum Gasteiger partial charge on any atom is -0.440 e. The molecular formula is C19H15N3O2S. The molecule has 2 aromatic heterocycles. The molecule has 0 saturated heterocycles. The molecule has 0 aliphatic carbocycles. The molecule has 0 aliphatic heterocycles. The highest BCUT2D eigenvalue weighted by atomic mass is 32.2. The van der Waals surface area contributed by atoms with Crippen LogP contribution in [0.25, 0.3) is 22.0 Å². The van der Waals surface area contributed by atoms with Gasteiger partial charge in [0, 0.05) is 6.54 Å². The number of benzene rings is 2. The monoisotopic (exact) mass is 349 g/mol. The van der Waals surface area contributed by atoms with Crippen molar-refractivity contribution in [1.29, 1.82) is 0 Å². The zero-order chi connectivity index (χ0) is 17.2. The topological polar surface area (TPSA) is 60.9 Å². The van der Waals surface area contributed by atoms with Crippen molar-refractivity contribution >= 4 is 33.8 Å². The van der Waals surface area contributed by atoms with Gasteiger partial charge in [-0.3, -0.25) is 9.36 Å². The van der Waals surface area contributed by atoms with E-state index in [9.17, 15) is 4.79 Å². The van der Waals surface area contributed by atoms with E-state index >= 15 is 0 Å². The molecule has 0 bridgehead atoms. The van der Waals surface area contributed by atoms with Gasteiger partial charge in [-0.15, -0.1) is 6.58 Å². The summed E-state index contributed by atoms with van der Waals surface area (Å²) in [5.41, 5.74) is 2.21. The number of para-hydroxylation sites is 3. The van der Waals surface area contributed by atoms with Crippen LogP contribution in [0.5, 0.6) is 0 Å². The third-order valence-corrected chi connectivity index (χ3v) is 4.76. The SMILES string of the molecule is C=CCn1c(SCc2nc3ccccc3o2)nc2ccccc2c1=O. The first-order chi connectivity index (χ1) is 12.3. The predicted octanol–water partition coefficient (Wildman–Crippen LogP) is 4.02. The Morgan fingerprint density at radius 2 is 1.84 bits per heavy atom. The van der Waals surface area contributed by atoms with Gasteiger partial charge in [0.05, 0.1) is 16.7 Å². The van der Waals surface area contributed by atoms with Gasteiger partial charge in [0.25, 0.3) is 5.56 Å². The van der Waals surface area contributed by atoms with Gasteiger partial charge < -0.3 is 4.42 Å². The van der Waals surface area contributed by atoms with E-state index < -0.39 is 0 Å². The van der Waals surface area contributed by atoms with Gasteiger partial charge in [-0.2, -0.15) is 0 Å². The van der Waals surface area contributed by atoms with Crippen LogP contribution in [0, 0.1) is 0 Å². The predicted molar refractivity (Wildman–Crippen MR) is 99.8 cm³/mol. The number of fused-ring (bicyclic) bond motifs is 2. The second kappa shape index (κ2) is 6.57. The number of rotatable bonds is 5. The number of hydrogen-bond donors (Lipinski definition) is 0. The molecule has 124 valence electrons. The summed E-state index contributed by atoms with van der Waals surface area (Å²) in [7, 11) is 0. The fourth-order valence-corrected chi connectivity index (χ4v) is 3.51. The quantitative estimate of drug-likeness (QED) is 0.309. The lowest BCUT2D eigenvalue weighted by Gasteiger charge is -2.10. The van der Waals surface area contributed by atoms with E-state index in [1.54, 1.807) is 16.7 Å². The molecule has 2 heterocycles. The van der Waals surface area contributed by atoms with Crippen molar-refractivity contribution in [3.8, 4) is 0 Å². The molecule has 0 atom stereocenters. The molecule has 0 aliphatic rings. The Labute approximate surface area is 148 Å². The molecule has 0 fully saturated rings. The molecule has 0 radical (unpaired) electrons. The number of thioether (sulfide) groups is 1. The van der Waals surface area contributed by atoms with Crippen LogP contribution in [-0.2, 0) is 12.3 Å². The first-order valence-corrected chi connectivity index (χ1v) is 8.82. The summed E-state index contributed by atoms with van der Waals surface area (Å²) in [6.45, 7) is 4.15. The van der Waals surface area contributed by atoms with Crippen LogP contribution < -0.4 is 5.56 Å². The van der Waals surface area contributed by atoms with E-state index in [1.165, 1.54) is 11.8 Å². The molecule has 0 N–H and O–H groups in total. The van der Waals surface area contributed by atoms with E-state index in [0.717, 1.165) is 11.1 Å². The van der Waals surface area contributed by atoms with Gasteiger partial charge in [-0.05, 0) is 24.3 Å². The van der Waals surface area contributed by atoms with Crippen molar-refractivity contribution in [1.82, 2.24) is 14.5 Å². The second-order valence-corrected chi connectivity index (χ2v) is 6.42. The van der Waals surface area contributed by atoms with Crippen LogP contribution in [-0.4, -0.2) is 14.5 Å². The van der Waals surface area contributed by atoms with E-state index in [1.807, 2.05) is 42.5 Å². The number of aromatic nitrogens is 3. The molecule has 0 spiro atoms. The highest BCUT2D eigenvalue weighted by Crippen LogP contribution is 2.24. The zero-order valence-electron chi connectivity index (χ0n) is 13.4. The molecule has 6 heteroatoms. The highest BCUT2D eigenvalue weighted by Gasteiger charge is 2.12. The van der Waals surface area contributed by atoms with Gasteiger partial charge in [0.2, 0.25) is 5.89 Å². The lowest BCUT2D eigenvalue weighted by atomic mass is 10.2. The number of allylic oxidation sites excluding steroid dienone is 1. The normalized spacial score (nSPS) is 11.2. The largest absolute Gasteiger partial charge is 0.440 e. The summed E-state index contributed by atoms with van der Waals surface area (Å²) < 4.78 is 7.37. The van der Waals surface area contributed by atoms with Crippen molar-refractivity contribution in [2.24, 2.45) is 0 Å². The minimum atomic E-state index is -0.0643. The van der Waals surface area contributed by atoms with Crippen molar-refractivity contribution in [2.45, 2.75) is 17.5 Å². The third-order valence-electron chi connectivity index (χ3n) is 3.80. The average molecular weight is 349 g/mol. The van der Waals surface area contributed by atoms with Gasteiger partial charge >= 0.3 is 0 Å². The summed E-state index contributed by atoms with van der Waals surface area (Å²) in [6, 6.07) is 15.0. The molecule has 4 aromatic rings. The summed E-state index contributed by atoms with van der Waals surface area (Å²) in [5.74, 6) is 1.11. The Hall–Kier alpha value is -2.86. The fourth-order valence-electron chi connectivity index (χ4n) is 2.66. The maximum absolute atomic E-state index is 12.7. The second-order valence-electron chi connectivity index (χ2n) is 5.48. The van der Waals surface area contributed by atoms with Crippen LogP contribution in [0.1, 0.15) is 5.89 Å². The first-order valence-electron chi connectivity index (χ1n) is 7.84. The third kappa shape index (κ3) is 2.96. The Kier molecular flexibility index (Phi) is 4.11. The van der Waals surface area contributed by atoms with Crippen LogP contribution in [0.4, 0.5) is 0 Å². The summed E-state index contributed by atoms with van der Waals surface area (Å²) in [4.78, 5) is 21.8. The molecule has 2 aromatic carbocycles. The molecular weight excluding hydrogens is 334 g/mol. The average Bonchev–Trinajstić information content (AvgIpc) is 3.06. The zero-order valence-corrected chi connectivity index (χ0v) is 14.2. The minimum absolute atomic E-state index is 0.0643. The van der Waals surface area contributed by atoms with E-state index in [2.05, 4.69) is 16.5 Å². The van der Waals surface area contributed by atoms with Crippen LogP contribution in [0.15, 0.2) is 75.6 Å². The van der Waals surface area contributed by atoms with E-state index in [-0.39, 0.29) is 5.56 Å². The lowest BCUT2D eigenvalue weighted by molar-refractivity contribution is 0.555. The van der Waals surface area contributed by atoms with Crippen molar-refractivity contribution in [3.63, 3.8) is 0 Å². The Balaban J connectivity index is 1.71. The van der Waals surface area contributed by atoms with E-state index in [4.69, 9.17) is 4.42 Å². The van der Waals surface area contributed by atoms with Crippen LogP contribution in [0.3, 0.4) is 0 Å². The number of nitrogens with zero attached hydrogens (tertiary/aromatic N) is 3. The summed E-state index contributed by atoms with van der Waals surface area (Å²) in [6.07, 6.45) is 1.70. The Bertz CT molecular complexity index is 1100. The van der Waals surface area contributed by atoms with Crippen molar-refractivity contribution in [3.05, 3.63) is 77.4 Å². The molecule has 25 heavy (non-hydrogen) atoms. The maximum atomic E-state index is 12.7. The summed E-state index contributed by atoms with van der Waals surface area (Å²) in [5, 5.41) is 1.24. The maximum Gasteiger partial charge on any atom is 0.262 e. The Morgan fingerprint density at radius 3 is 2.64 bits per heavy atom. The molecule has 0 amide bonds. The Morgan fingerprint density at radius 1 is 1.08 bits per heavy atom. The number of hydrogen-bond acceptors (Lipinski definition) is 5. The molecule has 0 unspecified atom stereocenters. The van der Waals surface area contributed by atoms with Crippen molar-refractivity contribution < 1.29 is 4.42 Å². The van der Waals surface area contributed by atoms with Crippen LogP contribution in [0.2, 0.25) is 0 Å². The van der Waals surface area contributed by atoms with Gasteiger partial charge in [-0.1, -0.05) is 42.1 Å². The van der Waals surface area contributed by atoms with Gasteiger partial charge in [-0.25, -0.2) is 9.97 Å². The van der Waals surface area contributed by atoms with Crippen molar-refractivity contribution in [2.75, 3.05) is 0 Å².